The number of aromatic nitrogens is 3. The highest BCUT2D eigenvalue weighted by Gasteiger charge is 2.35. The number of nitrogens with two attached hydrogens (primary N) is 1. The summed E-state index contributed by atoms with van der Waals surface area (Å²) < 4.78 is 7.36. The number of piperazine rings is 1. The molecule has 8 nitrogen and oxygen atoms in total. The van der Waals surface area contributed by atoms with Gasteiger partial charge in [-0.15, -0.1) is 0 Å². The fourth-order valence-electron chi connectivity index (χ4n) is 5.08. The van der Waals surface area contributed by atoms with Gasteiger partial charge in [-0.2, -0.15) is 0 Å². The van der Waals surface area contributed by atoms with Crippen LogP contribution >= 0.6 is 11.6 Å². The topological polar surface area (TPSA) is 89.5 Å². The standard InChI is InChI=1S/C27H31ClN6O2/c1-17(2)36-27(35)34-11-9-33(10-12-34)26-20-7-6-19(28)14-21(20)22(13-18-5-4-8-31-25(18)26)24(29)23-15-30-16-32(23)3/h4-8,13-17,24,26H,9-12,29H2,1-3H3/t24-,26+/m1/s1. The van der Waals surface area contributed by atoms with Gasteiger partial charge in [0.25, 0.3) is 0 Å². The van der Waals surface area contributed by atoms with Crippen LogP contribution in [0.1, 0.15) is 54.0 Å². The van der Waals surface area contributed by atoms with Gasteiger partial charge in [0.05, 0.1) is 42.1 Å². The number of imidazole rings is 1. The first-order valence-corrected chi connectivity index (χ1v) is 12.6. The van der Waals surface area contributed by atoms with E-state index in [1.807, 2.05) is 49.9 Å². The van der Waals surface area contributed by atoms with E-state index in [0.717, 1.165) is 33.7 Å². The number of amides is 1. The maximum atomic E-state index is 12.5. The average molecular weight is 507 g/mol. The number of nitrogens with zero attached hydrogens (tertiary/aromatic N) is 5. The molecule has 0 spiro atoms. The first-order valence-electron chi connectivity index (χ1n) is 12.2. The van der Waals surface area contributed by atoms with Gasteiger partial charge in [0, 0.05) is 44.4 Å². The van der Waals surface area contributed by atoms with Crippen molar-refractivity contribution < 1.29 is 9.53 Å². The van der Waals surface area contributed by atoms with Crippen LogP contribution in [0.3, 0.4) is 0 Å². The second kappa shape index (κ2) is 10.0. The van der Waals surface area contributed by atoms with E-state index < -0.39 is 6.04 Å². The van der Waals surface area contributed by atoms with Gasteiger partial charge in [-0.1, -0.05) is 23.7 Å². The van der Waals surface area contributed by atoms with Crippen LogP contribution in [0.2, 0.25) is 5.02 Å². The number of carbonyl (C=O) groups excluding carboxylic acids is 1. The van der Waals surface area contributed by atoms with Crippen LogP contribution in [0.15, 0.2) is 49.1 Å². The second-order valence-electron chi connectivity index (χ2n) is 9.57. The van der Waals surface area contributed by atoms with Crippen LogP contribution < -0.4 is 5.73 Å². The summed E-state index contributed by atoms with van der Waals surface area (Å²) >= 11 is 6.52. The molecule has 0 radical (unpaired) electrons. The fourth-order valence-corrected chi connectivity index (χ4v) is 5.25. The molecule has 9 heteroatoms. The lowest BCUT2D eigenvalue weighted by Gasteiger charge is -2.39. The number of pyridine rings is 1. The van der Waals surface area contributed by atoms with Gasteiger partial charge in [0.1, 0.15) is 0 Å². The summed E-state index contributed by atoms with van der Waals surface area (Å²) in [5.74, 6) is 0. The third kappa shape index (κ3) is 4.64. The monoisotopic (exact) mass is 506 g/mol. The summed E-state index contributed by atoms with van der Waals surface area (Å²) in [7, 11) is 1.94. The van der Waals surface area contributed by atoms with Gasteiger partial charge < -0.3 is 19.9 Å². The third-order valence-corrected chi connectivity index (χ3v) is 7.08. The Morgan fingerprint density at radius 3 is 2.67 bits per heavy atom. The van der Waals surface area contributed by atoms with Crippen molar-refractivity contribution in [2.24, 2.45) is 12.8 Å². The molecular weight excluding hydrogens is 476 g/mol. The largest absolute Gasteiger partial charge is 0.447 e. The number of fused-ring (bicyclic) bond motifs is 2. The molecule has 1 fully saturated rings. The van der Waals surface area contributed by atoms with Gasteiger partial charge in [0.2, 0.25) is 0 Å². The van der Waals surface area contributed by atoms with Crippen molar-refractivity contribution in [1.82, 2.24) is 24.3 Å². The number of aryl methyl sites for hydroxylation is 1. The molecular formula is C27H31ClN6O2. The summed E-state index contributed by atoms with van der Waals surface area (Å²) in [6, 6.07) is 9.51. The minimum atomic E-state index is -0.399. The zero-order valence-electron chi connectivity index (χ0n) is 20.8. The van der Waals surface area contributed by atoms with Crippen molar-refractivity contribution in [2.75, 3.05) is 26.2 Å². The third-order valence-electron chi connectivity index (χ3n) is 6.84. The zero-order valence-corrected chi connectivity index (χ0v) is 21.5. The summed E-state index contributed by atoms with van der Waals surface area (Å²) in [6.07, 6.45) is 7.12. The highest BCUT2D eigenvalue weighted by molar-refractivity contribution is 6.30. The molecule has 2 aromatic heterocycles. The molecule has 1 amide bonds. The Morgan fingerprint density at radius 2 is 1.97 bits per heavy atom. The van der Waals surface area contributed by atoms with Crippen molar-refractivity contribution >= 4 is 29.3 Å². The second-order valence-corrected chi connectivity index (χ2v) is 10.0. The average Bonchev–Trinajstić information content (AvgIpc) is 3.23. The van der Waals surface area contributed by atoms with Gasteiger partial charge in [-0.25, -0.2) is 9.78 Å². The lowest BCUT2D eigenvalue weighted by Crippen LogP contribution is -2.50. The lowest BCUT2D eigenvalue weighted by atomic mass is 9.90. The van der Waals surface area contributed by atoms with E-state index in [9.17, 15) is 4.79 Å². The SMILES string of the molecule is CC(C)OC(=O)N1CCN([C@H]2c3ccc(Cl)cc3C([C@@H](N)c3cncn3C)=Cc3cccnc32)CC1. The first kappa shape index (κ1) is 24.5. The van der Waals surface area contributed by atoms with Crippen molar-refractivity contribution in [3.05, 3.63) is 82.2 Å². The zero-order chi connectivity index (χ0) is 25.4. The van der Waals surface area contributed by atoms with E-state index >= 15 is 0 Å². The van der Waals surface area contributed by atoms with E-state index in [-0.39, 0.29) is 18.2 Å². The number of hydrogen-bond donors (Lipinski definition) is 1. The molecule has 1 saturated heterocycles. The summed E-state index contributed by atoms with van der Waals surface area (Å²) in [6.45, 7) is 6.29. The summed E-state index contributed by atoms with van der Waals surface area (Å²) in [5, 5.41) is 0.649. The first-order chi connectivity index (χ1) is 17.3. The predicted octanol–water partition coefficient (Wildman–Crippen LogP) is 4.27. The number of carbonyl (C=O) groups is 1. The lowest BCUT2D eigenvalue weighted by molar-refractivity contribution is 0.0513. The number of rotatable bonds is 4. The van der Waals surface area contributed by atoms with Crippen LogP contribution in [0.5, 0.6) is 0 Å². The number of halogens is 1. The van der Waals surface area contributed by atoms with E-state index in [2.05, 4.69) is 28.1 Å². The minimum absolute atomic E-state index is 0.107. The van der Waals surface area contributed by atoms with E-state index in [1.54, 1.807) is 17.4 Å². The van der Waals surface area contributed by atoms with Crippen molar-refractivity contribution in [2.45, 2.75) is 32.0 Å². The normalized spacial score (nSPS) is 18.8. The maximum absolute atomic E-state index is 12.5. The van der Waals surface area contributed by atoms with E-state index in [4.69, 9.17) is 27.1 Å². The number of ether oxygens (including phenoxy) is 1. The molecule has 1 aliphatic carbocycles. The van der Waals surface area contributed by atoms with Crippen LogP contribution in [0, 0.1) is 0 Å². The summed E-state index contributed by atoms with van der Waals surface area (Å²) in [5.41, 5.74) is 12.8. The Morgan fingerprint density at radius 1 is 1.19 bits per heavy atom. The highest BCUT2D eigenvalue weighted by atomic mass is 35.5. The predicted molar refractivity (Wildman–Crippen MR) is 140 cm³/mol. The molecule has 3 heterocycles. The van der Waals surface area contributed by atoms with Crippen LogP contribution in [-0.4, -0.2) is 62.7 Å². The van der Waals surface area contributed by atoms with Gasteiger partial charge in [0.15, 0.2) is 0 Å². The molecule has 0 unspecified atom stereocenters. The molecule has 2 atom stereocenters. The maximum Gasteiger partial charge on any atom is 0.410 e. The number of benzene rings is 1. The molecule has 1 aromatic carbocycles. The minimum Gasteiger partial charge on any atom is -0.447 e. The van der Waals surface area contributed by atoms with Crippen molar-refractivity contribution in [3.8, 4) is 0 Å². The molecule has 1 aliphatic heterocycles. The molecule has 2 N–H and O–H groups in total. The fraction of sp³-hybridized carbons (Fsp3) is 0.370. The Hall–Kier alpha value is -3.20. The molecule has 2 aliphatic rings. The number of hydrogen-bond acceptors (Lipinski definition) is 6. The van der Waals surface area contributed by atoms with Gasteiger partial charge in [-0.05, 0) is 60.4 Å². The van der Waals surface area contributed by atoms with Crippen LogP contribution in [-0.2, 0) is 11.8 Å². The van der Waals surface area contributed by atoms with Gasteiger partial charge >= 0.3 is 6.09 Å². The molecule has 188 valence electrons. The van der Waals surface area contributed by atoms with Crippen LogP contribution in [0.4, 0.5) is 4.79 Å². The quantitative estimate of drug-likeness (QED) is 0.568. The van der Waals surface area contributed by atoms with Crippen molar-refractivity contribution in [1.29, 1.82) is 0 Å². The Balaban J connectivity index is 1.55. The Kier molecular flexibility index (Phi) is 6.83. The molecule has 36 heavy (non-hydrogen) atoms. The van der Waals surface area contributed by atoms with E-state index in [0.29, 0.717) is 31.2 Å². The molecule has 3 aromatic rings. The van der Waals surface area contributed by atoms with Crippen LogP contribution in [0.25, 0.3) is 11.6 Å². The highest BCUT2D eigenvalue weighted by Crippen LogP contribution is 2.43. The van der Waals surface area contributed by atoms with Gasteiger partial charge in [-0.3, -0.25) is 9.88 Å². The summed E-state index contributed by atoms with van der Waals surface area (Å²) in [4.78, 5) is 25.7. The molecule has 0 bridgehead atoms. The Labute approximate surface area is 216 Å². The van der Waals surface area contributed by atoms with E-state index in [1.165, 1.54) is 0 Å². The molecule has 0 saturated carbocycles. The Bertz CT molecular complexity index is 1290. The smallest absolute Gasteiger partial charge is 0.410 e. The van der Waals surface area contributed by atoms with Crippen molar-refractivity contribution in [3.63, 3.8) is 0 Å². The molecule has 5 rings (SSSR count).